The van der Waals surface area contributed by atoms with Gasteiger partial charge in [0.1, 0.15) is 0 Å². The normalized spacial score (nSPS) is 13.2. The van der Waals surface area contributed by atoms with E-state index in [9.17, 15) is 0 Å². The van der Waals surface area contributed by atoms with Crippen LogP contribution < -0.4 is 26.2 Å². The molecular formula is C54H33BN2. The molecule has 2 heterocycles. The van der Waals surface area contributed by atoms with E-state index in [4.69, 9.17) is 0 Å². The molecule has 3 heteroatoms. The van der Waals surface area contributed by atoms with E-state index in [1.54, 1.807) is 0 Å². The molecule has 262 valence electrons. The minimum Gasteiger partial charge on any atom is -0.311 e. The molecule has 0 saturated heterocycles. The molecule has 11 aromatic rings. The maximum absolute atomic E-state index is 2.53. The van der Waals surface area contributed by atoms with Gasteiger partial charge in [-0.15, -0.1) is 0 Å². The van der Waals surface area contributed by atoms with Crippen LogP contribution in [0.15, 0.2) is 200 Å². The smallest absolute Gasteiger partial charge is 0.252 e. The Labute approximate surface area is 330 Å². The molecule has 0 aliphatic carbocycles. The Bertz CT molecular complexity index is 3260. The second-order valence-corrected chi connectivity index (χ2v) is 15.7. The van der Waals surface area contributed by atoms with Gasteiger partial charge in [0.25, 0.3) is 6.71 Å². The molecule has 0 N–H and O–H groups in total. The molecule has 0 fully saturated rings. The van der Waals surface area contributed by atoms with Gasteiger partial charge in [-0.05, 0) is 130 Å². The molecule has 2 nitrogen and oxygen atoms in total. The van der Waals surface area contributed by atoms with Crippen molar-refractivity contribution >= 4 is 111 Å². The van der Waals surface area contributed by atoms with Crippen molar-refractivity contribution < 1.29 is 0 Å². The highest BCUT2D eigenvalue weighted by atomic mass is 15.2. The summed E-state index contributed by atoms with van der Waals surface area (Å²) in [7, 11) is 0. The highest BCUT2D eigenvalue weighted by molar-refractivity contribution is 7.00. The second kappa shape index (κ2) is 11.6. The number of hydrogen-bond acceptors (Lipinski definition) is 2. The van der Waals surface area contributed by atoms with E-state index in [0.29, 0.717) is 0 Å². The van der Waals surface area contributed by atoms with Crippen LogP contribution in [0.5, 0.6) is 0 Å². The van der Waals surface area contributed by atoms with Crippen LogP contribution >= 0.6 is 0 Å². The maximum Gasteiger partial charge on any atom is 0.252 e. The molecule has 2 aliphatic rings. The first-order chi connectivity index (χ1) is 28.3. The zero-order valence-electron chi connectivity index (χ0n) is 31.0. The predicted octanol–water partition coefficient (Wildman–Crippen LogP) is 12.6. The van der Waals surface area contributed by atoms with Crippen LogP contribution in [0.4, 0.5) is 34.1 Å². The van der Waals surface area contributed by atoms with Crippen LogP contribution in [0.2, 0.25) is 0 Å². The summed E-state index contributed by atoms with van der Waals surface area (Å²) >= 11 is 0. The standard InChI is InChI=1S/C54H33BN2/c1-3-18-42(19-4-1)56-48-30-39-14-9-7-12-37(39)28-46(48)55-47-29-38-13-8-10-15-40(38)31-49(47)57(43-20-5-2-6-21-43)51-33-41(32-50(56)54(51)55)44-26-24-36-23-22-34-16-11-17-35-25-27-45(44)53(36)52(34)35/h1-33H. The lowest BCUT2D eigenvalue weighted by atomic mass is 9.33. The van der Waals surface area contributed by atoms with Gasteiger partial charge in [-0.25, -0.2) is 0 Å². The van der Waals surface area contributed by atoms with Crippen LogP contribution in [0.3, 0.4) is 0 Å². The number of nitrogens with zero attached hydrogens (tertiary/aromatic N) is 2. The van der Waals surface area contributed by atoms with Crippen molar-refractivity contribution in [2.45, 2.75) is 0 Å². The van der Waals surface area contributed by atoms with E-state index in [0.717, 1.165) is 11.4 Å². The summed E-state index contributed by atoms with van der Waals surface area (Å²) in [6.45, 7) is 0.0181. The summed E-state index contributed by atoms with van der Waals surface area (Å²) in [5, 5.41) is 12.8. The lowest BCUT2D eigenvalue weighted by molar-refractivity contribution is 1.26. The van der Waals surface area contributed by atoms with Crippen molar-refractivity contribution in [3.05, 3.63) is 200 Å². The number of fused-ring (bicyclic) bond motifs is 6. The SMILES string of the molecule is c1ccc(N2c3cc4ccccc4cc3B3c4cc5ccccc5cc4N(c4ccccc4)c4cc(-c5ccc6ccc7cccc8ccc5c6c78)cc2c43)cc1. The Morgan fingerprint density at radius 2 is 0.754 bits per heavy atom. The Kier molecular flexibility index (Phi) is 6.28. The summed E-state index contributed by atoms with van der Waals surface area (Å²) in [4.78, 5) is 5.07. The van der Waals surface area contributed by atoms with Gasteiger partial charge in [-0.2, -0.15) is 0 Å². The van der Waals surface area contributed by atoms with Gasteiger partial charge in [0.2, 0.25) is 0 Å². The highest BCUT2D eigenvalue weighted by Gasteiger charge is 2.44. The summed E-state index contributed by atoms with van der Waals surface area (Å²) in [5.41, 5.74) is 13.6. The number of benzene rings is 11. The molecule has 11 aromatic carbocycles. The van der Waals surface area contributed by atoms with E-state index in [2.05, 4.69) is 210 Å². The molecule has 0 bridgehead atoms. The number of rotatable bonds is 3. The van der Waals surface area contributed by atoms with Gasteiger partial charge >= 0.3 is 0 Å². The predicted molar refractivity (Wildman–Crippen MR) is 245 cm³/mol. The first-order valence-corrected chi connectivity index (χ1v) is 19.9. The van der Waals surface area contributed by atoms with Crippen molar-refractivity contribution in [1.29, 1.82) is 0 Å². The topological polar surface area (TPSA) is 6.48 Å². The first kappa shape index (κ1) is 30.9. The fourth-order valence-corrected chi connectivity index (χ4v) is 10.2. The number of hydrogen-bond donors (Lipinski definition) is 0. The molecule has 0 unspecified atom stereocenters. The van der Waals surface area contributed by atoms with E-state index in [-0.39, 0.29) is 6.71 Å². The Morgan fingerprint density at radius 3 is 1.30 bits per heavy atom. The molecule has 0 radical (unpaired) electrons. The van der Waals surface area contributed by atoms with Crippen molar-refractivity contribution in [1.82, 2.24) is 0 Å². The molecule has 57 heavy (non-hydrogen) atoms. The molecule has 0 amide bonds. The molecule has 2 aliphatic heterocycles. The number of anilines is 6. The second-order valence-electron chi connectivity index (χ2n) is 15.7. The van der Waals surface area contributed by atoms with Crippen molar-refractivity contribution in [2.24, 2.45) is 0 Å². The zero-order chi connectivity index (χ0) is 37.2. The average molecular weight is 721 g/mol. The first-order valence-electron chi connectivity index (χ1n) is 19.9. The van der Waals surface area contributed by atoms with E-state index in [1.165, 1.54) is 104 Å². The third-order valence-corrected chi connectivity index (χ3v) is 12.7. The molecule has 0 aromatic heterocycles. The van der Waals surface area contributed by atoms with E-state index < -0.39 is 0 Å². The van der Waals surface area contributed by atoms with Gasteiger partial charge in [-0.3, -0.25) is 0 Å². The van der Waals surface area contributed by atoms with Gasteiger partial charge in [0.05, 0.1) is 0 Å². The van der Waals surface area contributed by atoms with Gasteiger partial charge in [0.15, 0.2) is 0 Å². The fourth-order valence-electron chi connectivity index (χ4n) is 10.2. The van der Waals surface area contributed by atoms with Crippen LogP contribution in [-0.2, 0) is 0 Å². The van der Waals surface area contributed by atoms with E-state index in [1.807, 2.05) is 0 Å². The highest BCUT2D eigenvalue weighted by Crippen LogP contribution is 2.48. The van der Waals surface area contributed by atoms with Gasteiger partial charge in [0, 0.05) is 34.1 Å². The zero-order valence-corrected chi connectivity index (χ0v) is 31.0. The van der Waals surface area contributed by atoms with Gasteiger partial charge in [-0.1, -0.05) is 152 Å². The minimum absolute atomic E-state index is 0.0181. The number of para-hydroxylation sites is 2. The summed E-state index contributed by atoms with van der Waals surface area (Å²) in [6, 6.07) is 74.9. The maximum atomic E-state index is 2.53. The van der Waals surface area contributed by atoms with Crippen LogP contribution in [0.25, 0.3) is 65.0 Å². The third kappa shape index (κ3) is 4.37. The molecule has 13 rings (SSSR count). The van der Waals surface area contributed by atoms with Crippen molar-refractivity contribution in [3.63, 3.8) is 0 Å². The lowest BCUT2D eigenvalue weighted by Crippen LogP contribution is -2.61. The third-order valence-electron chi connectivity index (χ3n) is 12.7. The van der Waals surface area contributed by atoms with Crippen LogP contribution in [0.1, 0.15) is 0 Å². The minimum atomic E-state index is 0.0181. The summed E-state index contributed by atoms with van der Waals surface area (Å²) < 4.78 is 0. The van der Waals surface area contributed by atoms with E-state index >= 15 is 0 Å². The lowest BCUT2D eigenvalue weighted by Gasteiger charge is -2.44. The molecule has 0 saturated carbocycles. The van der Waals surface area contributed by atoms with Crippen LogP contribution in [-0.4, -0.2) is 6.71 Å². The van der Waals surface area contributed by atoms with Gasteiger partial charge < -0.3 is 9.80 Å². The average Bonchev–Trinajstić information content (AvgIpc) is 3.27. The van der Waals surface area contributed by atoms with Crippen LogP contribution in [0, 0.1) is 0 Å². The largest absolute Gasteiger partial charge is 0.311 e. The van der Waals surface area contributed by atoms with Crippen molar-refractivity contribution in [2.75, 3.05) is 9.80 Å². The molecular weight excluding hydrogens is 687 g/mol. The Hall–Kier alpha value is -7.36. The Balaban J connectivity index is 1.20. The summed E-state index contributed by atoms with van der Waals surface area (Å²) in [6.07, 6.45) is 0. The quantitative estimate of drug-likeness (QED) is 0.132. The van der Waals surface area contributed by atoms with Crippen molar-refractivity contribution in [3.8, 4) is 11.1 Å². The fraction of sp³-hybridized carbons (Fsp3) is 0. The summed E-state index contributed by atoms with van der Waals surface area (Å²) in [5.74, 6) is 0. The monoisotopic (exact) mass is 720 g/mol. The Morgan fingerprint density at radius 1 is 0.316 bits per heavy atom. The molecule has 0 spiro atoms. The molecule has 0 atom stereocenters.